The molecule has 2 aromatic carbocycles. The lowest BCUT2D eigenvalue weighted by Crippen LogP contribution is -2.42. The summed E-state index contributed by atoms with van der Waals surface area (Å²) in [6, 6.07) is 12.5. The van der Waals surface area contributed by atoms with E-state index in [2.05, 4.69) is 10.6 Å². The van der Waals surface area contributed by atoms with E-state index in [9.17, 15) is 19.5 Å². The number of amides is 2. The van der Waals surface area contributed by atoms with Crippen molar-refractivity contribution in [2.24, 2.45) is 0 Å². The number of hydrogen-bond donors (Lipinski definition) is 2. The summed E-state index contributed by atoms with van der Waals surface area (Å²) in [6.45, 7) is 0. The Morgan fingerprint density at radius 2 is 1.68 bits per heavy atom. The van der Waals surface area contributed by atoms with Crippen molar-refractivity contribution < 1.29 is 19.5 Å². The number of carbonyl (C=O) groups excluding carboxylic acids is 3. The predicted octanol–water partition coefficient (Wildman–Crippen LogP) is 0.784. The molecule has 3 aliphatic rings. The van der Waals surface area contributed by atoms with Crippen LogP contribution in [-0.4, -0.2) is 17.8 Å². The van der Waals surface area contributed by atoms with E-state index in [0.29, 0.717) is 28.1 Å². The number of anilines is 2. The van der Waals surface area contributed by atoms with Crippen LogP contribution >= 0.6 is 0 Å². The summed E-state index contributed by atoms with van der Waals surface area (Å²) in [4.78, 5) is 37.1. The quantitative estimate of drug-likeness (QED) is 0.807. The smallest absolute Gasteiger partial charge is 0.256 e. The first-order chi connectivity index (χ1) is 12.0. The second-order valence-electron chi connectivity index (χ2n) is 6.41. The van der Waals surface area contributed by atoms with Crippen molar-refractivity contribution in [3.63, 3.8) is 0 Å². The number of nitrogens with one attached hydrogen (secondary N) is 2. The van der Waals surface area contributed by atoms with Crippen molar-refractivity contribution in [1.82, 2.24) is 0 Å². The van der Waals surface area contributed by atoms with Gasteiger partial charge in [-0.25, -0.2) is 0 Å². The van der Waals surface area contributed by atoms with E-state index in [0.717, 1.165) is 0 Å². The number of fused-ring (bicyclic) bond motifs is 3. The molecule has 0 saturated carbocycles. The van der Waals surface area contributed by atoms with Crippen molar-refractivity contribution in [2.75, 3.05) is 10.6 Å². The summed E-state index contributed by atoms with van der Waals surface area (Å²) >= 11 is 0. The second-order valence-corrected chi connectivity index (χ2v) is 6.41. The number of aliphatic carboxylic acids is 1. The molecule has 0 fully saturated rings. The SMILES string of the molecule is O=C([O-])C1=C2C(=O)Nc3cccc(c32)C2(C1)C(=O)Nc1ccccc12. The Labute approximate surface area is 142 Å². The highest BCUT2D eigenvalue weighted by atomic mass is 16.4. The van der Waals surface area contributed by atoms with Crippen LogP contribution in [0.3, 0.4) is 0 Å². The Balaban J connectivity index is 1.92. The van der Waals surface area contributed by atoms with Crippen LogP contribution in [0.5, 0.6) is 0 Å². The predicted molar refractivity (Wildman–Crippen MR) is 87.5 cm³/mol. The molecule has 0 bridgehead atoms. The van der Waals surface area contributed by atoms with Crippen molar-refractivity contribution in [3.05, 3.63) is 64.7 Å². The fourth-order valence-corrected chi connectivity index (χ4v) is 4.25. The highest BCUT2D eigenvalue weighted by molar-refractivity contribution is 6.36. The molecule has 2 heterocycles. The summed E-state index contributed by atoms with van der Waals surface area (Å²) in [5.74, 6) is -2.19. The van der Waals surface area contributed by atoms with E-state index < -0.39 is 17.3 Å². The molecule has 0 radical (unpaired) electrons. The van der Waals surface area contributed by atoms with Crippen LogP contribution < -0.4 is 15.7 Å². The minimum Gasteiger partial charge on any atom is -0.545 e. The minimum absolute atomic E-state index is 0.105. The van der Waals surface area contributed by atoms with E-state index in [1.54, 1.807) is 24.3 Å². The maximum atomic E-state index is 13.0. The molecule has 6 heteroatoms. The zero-order chi connectivity index (χ0) is 17.3. The highest BCUT2D eigenvalue weighted by Gasteiger charge is 2.54. The van der Waals surface area contributed by atoms with Crippen molar-refractivity contribution >= 4 is 34.7 Å². The standard InChI is InChI=1S/C19H12N2O4/c22-16-14-9(17(23)24)8-19(11-5-3-7-13(20-16)15(11)14)10-4-1-2-6-12(10)21-18(19)25/h1-7H,8H2,(H,20,22)(H,21,25)(H,23,24)/p-1. The fourth-order valence-electron chi connectivity index (χ4n) is 4.25. The average Bonchev–Trinajstić information content (AvgIpc) is 3.07. The number of carboxylic acid groups (broad SMARTS) is 1. The molecule has 2 aromatic rings. The molecule has 0 saturated heterocycles. The number of para-hydroxylation sites is 1. The fraction of sp³-hybridized carbons (Fsp3) is 0.105. The highest BCUT2D eigenvalue weighted by Crippen LogP contribution is 2.55. The van der Waals surface area contributed by atoms with Gasteiger partial charge < -0.3 is 20.5 Å². The number of rotatable bonds is 1. The summed E-state index contributed by atoms with van der Waals surface area (Å²) < 4.78 is 0. The van der Waals surface area contributed by atoms with Gasteiger partial charge >= 0.3 is 0 Å². The van der Waals surface area contributed by atoms with Gasteiger partial charge in [-0.3, -0.25) is 9.59 Å². The maximum Gasteiger partial charge on any atom is 0.256 e. The van der Waals surface area contributed by atoms with Crippen LogP contribution in [0.25, 0.3) is 5.57 Å². The first kappa shape index (κ1) is 14.0. The second kappa shape index (κ2) is 4.36. The molecule has 2 amide bonds. The maximum absolute atomic E-state index is 13.0. The third-order valence-corrected chi connectivity index (χ3v) is 5.26. The normalized spacial score (nSPS) is 22.6. The first-order valence-electron chi connectivity index (χ1n) is 7.84. The average molecular weight is 331 g/mol. The van der Waals surface area contributed by atoms with Crippen LogP contribution in [0.1, 0.15) is 23.1 Å². The van der Waals surface area contributed by atoms with Crippen LogP contribution in [0.15, 0.2) is 48.0 Å². The van der Waals surface area contributed by atoms with Gasteiger partial charge in [0.1, 0.15) is 5.41 Å². The van der Waals surface area contributed by atoms with Gasteiger partial charge in [0.2, 0.25) is 5.91 Å². The van der Waals surface area contributed by atoms with Crippen molar-refractivity contribution in [1.29, 1.82) is 0 Å². The topological polar surface area (TPSA) is 98.3 Å². The van der Waals surface area contributed by atoms with E-state index in [-0.39, 0.29) is 23.5 Å². The monoisotopic (exact) mass is 331 g/mol. The summed E-state index contributed by atoms with van der Waals surface area (Å²) in [7, 11) is 0. The summed E-state index contributed by atoms with van der Waals surface area (Å²) in [6.07, 6.45) is -0.114. The summed E-state index contributed by atoms with van der Waals surface area (Å²) in [5, 5.41) is 17.3. The Bertz CT molecular complexity index is 1050. The minimum atomic E-state index is -1.43. The first-order valence-corrected chi connectivity index (χ1v) is 7.84. The van der Waals surface area contributed by atoms with Gasteiger partial charge in [-0.15, -0.1) is 0 Å². The molecule has 1 atom stereocenters. The molecule has 1 unspecified atom stereocenters. The molecule has 5 rings (SSSR count). The van der Waals surface area contributed by atoms with Crippen LogP contribution in [-0.2, 0) is 19.8 Å². The van der Waals surface area contributed by atoms with Crippen LogP contribution in [0, 0.1) is 0 Å². The molecule has 1 spiro atoms. The van der Waals surface area contributed by atoms with Gasteiger partial charge in [-0.2, -0.15) is 0 Å². The van der Waals surface area contributed by atoms with E-state index in [1.165, 1.54) is 0 Å². The number of carboxylic acids is 1. The number of hydrogen-bond acceptors (Lipinski definition) is 4. The van der Waals surface area contributed by atoms with Crippen LogP contribution in [0.4, 0.5) is 11.4 Å². The Morgan fingerprint density at radius 3 is 2.48 bits per heavy atom. The zero-order valence-corrected chi connectivity index (χ0v) is 12.9. The Hall–Kier alpha value is -3.41. The van der Waals surface area contributed by atoms with Crippen molar-refractivity contribution in [2.45, 2.75) is 11.8 Å². The van der Waals surface area contributed by atoms with Gasteiger partial charge in [-0.1, -0.05) is 30.3 Å². The molecular weight excluding hydrogens is 320 g/mol. The van der Waals surface area contributed by atoms with E-state index in [1.807, 2.05) is 18.2 Å². The molecule has 2 N–H and O–H groups in total. The van der Waals surface area contributed by atoms with Gasteiger partial charge in [0.05, 0.1) is 11.5 Å². The lowest BCUT2D eigenvalue weighted by atomic mass is 9.65. The summed E-state index contributed by atoms with van der Waals surface area (Å²) in [5.41, 5.74) is 1.82. The molecule has 6 nitrogen and oxygen atoms in total. The van der Waals surface area contributed by atoms with Crippen LogP contribution in [0.2, 0.25) is 0 Å². The Morgan fingerprint density at radius 1 is 0.960 bits per heavy atom. The number of carbonyl (C=O) groups is 3. The lowest BCUT2D eigenvalue weighted by Gasteiger charge is -2.35. The largest absolute Gasteiger partial charge is 0.545 e. The third-order valence-electron chi connectivity index (χ3n) is 5.26. The van der Waals surface area contributed by atoms with Gasteiger partial charge in [0, 0.05) is 16.9 Å². The molecular formula is C19H11N2O4-. The number of benzene rings is 2. The third kappa shape index (κ3) is 1.51. The molecule has 0 aromatic heterocycles. The lowest BCUT2D eigenvalue weighted by molar-refractivity contribution is -0.299. The zero-order valence-electron chi connectivity index (χ0n) is 12.9. The molecule has 122 valence electrons. The van der Waals surface area contributed by atoms with E-state index >= 15 is 0 Å². The molecule has 25 heavy (non-hydrogen) atoms. The molecule has 1 aliphatic carbocycles. The molecule has 2 aliphatic heterocycles. The van der Waals surface area contributed by atoms with Gasteiger partial charge in [0.15, 0.2) is 0 Å². The van der Waals surface area contributed by atoms with Gasteiger partial charge in [-0.05, 0) is 35.3 Å². The van der Waals surface area contributed by atoms with Crippen molar-refractivity contribution in [3.8, 4) is 0 Å². The Kier molecular flexibility index (Phi) is 2.44. The van der Waals surface area contributed by atoms with Gasteiger partial charge in [0.25, 0.3) is 5.91 Å². The van der Waals surface area contributed by atoms with E-state index in [4.69, 9.17) is 0 Å².